The zero-order valence-electron chi connectivity index (χ0n) is 13.1. The van der Waals surface area contributed by atoms with E-state index in [9.17, 15) is 0 Å². The van der Waals surface area contributed by atoms with Crippen LogP contribution in [0.3, 0.4) is 0 Å². The fourth-order valence-electron chi connectivity index (χ4n) is 2.78. The van der Waals surface area contributed by atoms with Crippen molar-refractivity contribution < 1.29 is 28.4 Å². The molecule has 22 heavy (non-hydrogen) atoms. The van der Waals surface area contributed by atoms with Crippen molar-refractivity contribution in [3.05, 3.63) is 0 Å². The van der Waals surface area contributed by atoms with Crippen LogP contribution in [0.2, 0.25) is 0 Å². The van der Waals surface area contributed by atoms with E-state index in [0.29, 0.717) is 38.6 Å². The quantitative estimate of drug-likeness (QED) is 0.372. The zero-order valence-corrected chi connectivity index (χ0v) is 13.1. The molecule has 0 N–H and O–H groups in total. The summed E-state index contributed by atoms with van der Waals surface area (Å²) in [5, 5.41) is 0. The first-order valence-corrected chi connectivity index (χ1v) is 8.44. The van der Waals surface area contributed by atoms with Crippen LogP contribution in [-0.4, -0.2) is 76.3 Å². The van der Waals surface area contributed by atoms with Gasteiger partial charge < -0.3 is 28.4 Å². The lowest BCUT2D eigenvalue weighted by Gasteiger charge is -2.14. The van der Waals surface area contributed by atoms with Gasteiger partial charge in [0, 0.05) is 0 Å². The molecule has 4 atom stereocenters. The average Bonchev–Trinajstić information content (AvgIpc) is 3.29. The Hall–Kier alpha value is -0.240. The highest BCUT2D eigenvalue weighted by atomic mass is 16.6. The van der Waals surface area contributed by atoms with Crippen molar-refractivity contribution in [1.29, 1.82) is 0 Å². The second kappa shape index (κ2) is 6.34. The molecule has 0 spiro atoms. The van der Waals surface area contributed by atoms with Gasteiger partial charge in [0.2, 0.25) is 0 Å². The molecule has 0 bridgehead atoms. The van der Waals surface area contributed by atoms with E-state index in [2.05, 4.69) is 0 Å². The van der Waals surface area contributed by atoms with Gasteiger partial charge in [-0.3, -0.25) is 0 Å². The highest BCUT2D eigenvalue weighted by molar-refractivity contribution is 4.94. The summed E-state index contributed by atoms with van der Waals surface area (Å²) in [5.41, 5.74) is -0.0153. The molecule has 0 aliphatic carbocycles. The molecule has 4 heterocycles. The van der Waals surface area contributed by atoms with Crippen LogP contribution in [0.15, 0.2) is 0 Å². The third kappa shape index (κ3) is 4.63. The van der Waals surface area contributed by atoms with E-state index in [4.69, 9.17) is 28.4 Å². The molecule has 6 heteroatoms. The van der Waals surface area contributed by atoms with Gasteiger partial charge in [0.1, 0.15) is 23.4 Å². The number of ether oxygens (including phenoxy) is 6. The van der Waals surface area contributed by atoms with Crippen molar-refractivity contribution in [2.24, 2.45) is 0 Å². The topological polar surface area (TPSA) is 68.6 Å². The van der Waals surface area contributed by atoms with Gasteiger partial charge >= 0.3 is 0 Å². The predicted molar refractivity (Wildman–Crippen MR) is 77.0 cm³/mol. The van der Waals surface area contributed by atoms with Gasteiger partial charge in [-0.2, -0.15) is 0 Å². The minimum Gasteiger partial charge on any atom is -0.376 e. The summed E-state index contributed by atoms with van der Waals surface area (Å²) >= 11 is 0. The zero-order chi connectivity index (χ0) is 14.9. The molecule has 6 nitrogen and oxygen atoms in total. The van der Waals surface area contributed by atoms with Crippen LogP contribution in [0, 0.1) is 0 Å². The first-order valence-electron chi connectivity index (χ1n) is 8.44. The van der Waals surface area contributed by atoms with E-state index in [1.807, 2.05) is 0 Å². The Labute approximate surface area is 131 Å². The van der Waals surface area contributed by atoms with Gasteiger partial charge in [-0.25, -0.2) is 0 Å². The lowest BCUT2D eigenvalue weighted by atomic mass is 9.98. The Balaban J connectivity index is 1.05. The maximum absolute atomic E-state index is 5.67. The molecule has 0 amide bonds. The Kier molecular flexibility index (Phi) is 4.41. The van der Waals surface area contributed by atoms with Gasteiger partial charge in [0.15, 0.2) is 0 Å². The molecule has 0 aromatic carbocycles. The molecule has 0 aromatic heterocycles. The number of hydrogen-bond acceptors (Lipinski definition) is 6. The van der Waals surface area contributed by atoms with Gasteiger partial charge in [0.05, 0.1) is 52.9 Å². The highest BCUT2D eigenvalue weighted by Gasteiger charge is 2.47. The highest BCUT2D eigenvalue weighted by Crippen LogP contribution is 2.37. The van der Waals surface area contributed by atoms with Crippen molar-refractivity contribution in [2.75, 3.05) is 52.9 Å². The summed E-state index contributed by atoms with van der Waals surface area (Å²) in [7, 11) is 0. The van der Waals surface area contributed by atoms with Gasteiger partial charge in [-0.15, -0.1) is 0 Å². The third-order valence-electron chi connectivity index (χ3n) is 4.76. The van der Waals surface area contributed by atoms with Crippen molar-refractivity contribution in [3.8, 4) is 0 Å². The van der Waals surface area contributed by atoms with Crippen LogP contribution in [0.1, 0.15) is 25.7 Å². The fraction of sp³-hybridized carbons (Fsp3) is 1.00. The van der Waals surface area contributed by atoms with E-state index in [-0.39, 0.29) is 11.2 Å². The number of hydrogen-bond donors (Lipinski definition) is 0. The summed E-state index contributed by atoms with van der Waals surface area (Å²) in [6, 6.07) is 0. The molecular formula is C16H26O6. The first kappa shape index (κ1) is 15.3. The molecule has 4 unspecified atom stereocenters. The lowest BCUT2D eigenvalue weighted by Crippen LogP contribution is -2.23. The molecule has 0 aromatic rings. The summed E-state index contributed by atoms with van der Waals surface area (Å²) in [6.45, 7) is 6.22. The standard InChI is InChI=1S/C16H26O6/c1(3-15(11-21-15)9-17-5-13-7-19-13)2-4-16(12-22-16)10-18-6-14-8-20-14/h13-14H,1-12H2. The normalized spacial score (nSPS) is 41.5. The van der Waals surface area contributed by atoms with Crippen molar-refractivity contribution in [3.63, 3.8) is 0 Å². The van der Waals surface area contributed by atoms with Crippen molar-refractivity contribution in [2.45, 2.75) is 49.1 Å². The van der Waals surface area contributed by atoms with E-state index in [0.717, 1.165) is 52.1 Å². The maximum atomic E-state index is 5.67. The SMILES string of the molecule is C(CCC1(COCC2CO2)CO1)CC1(COCC2CO2)CO1. The summed E-state index contributed by atoms with van der Waals surface area (Å²) in [5.74, 6) is 0. The lowest BCUT2D eigenvalue weighted by molar-refractivity contribution is 0.0585. The second-order valence-corrected chi connectivity index (χ2v) is 7.09. The molecule has 4 aliphatic rings. The van der Waals surface area contributed by atoms with Crippen LogP contribution in [-0.2, 0) is 28.4 Å². The molecule has 126 valence electrons. The molecule has 0 saturated carbocycles. The van der Waals surface area contributed by atoms with Gasteiger partial charge in [0.25, 0.3) is 0 Å². The van der Waals surface area contributed by atoms with Crippen LogP contribution >= 0.6 is 0 Å². The molecule has 4 aliphatic heterocycles. The molecule has 4 rings (SSSR count). The maximum Gasteiger partial charge on any atom is 0.115 e. The number of epoxide rings is 4. The van der Waals surface area contributed by atoms with Crippen LogP contribution < -0.4 is 0 Å². The summed E-state index contributed by atoms with van der Waals surface area (Å²) in [4.78, 5) is 0. The Bertz CT molecular complexity index is 335. The predicted octanol–water partition coefficient (Wildman–Crippen LogP) is 0.916. The largest absolute Gasteiger partial charge is 0.376 e. The molecule has 0 radical (unpaired) electrons. The van der Waals surface area contributed by atoms with Gasteiger partial charge in [-0.05, 0) is 12.8 Å². The summed E-state index contributed by atoms with van der Waals surface area (Å²) in [6.07, 6.45) is 5.13. The molecule has 4 saturated heterocycles. The van der Waals surface area contributed by atoms with Crippen LogP contribution in [0.4, 0.5) is 0 Å². The van der Waals surface area contributed by atoms with Crippen LogP contribution in [0.5, 0.6) is 0 Å². The minimum atomic E-state index is -0.00767. The van der Waals surface area contributed by atoms with E-state index >= 15 is 0 Å². The van der Waals surface area contributed by atoms with Gasteiger partial charge in [-0.1, -0.05) is 12.8 Å². The second-order valence-electron chi connectivity index (χ2n) is 7.09. The average molecular weight is 314 g/mol. The van der Waals surface area contributed by atoms with Crippen molar-refractivity contribution in [1.82, 2.24) is 0 Å². The Morgan fingerprint density at radius 2 is 1.18 bits per heavy atom. The van der Waals surface area contributed by atoms with Crippen molar-refractivity contribution >= 4 is 0 Å². The minimum absolute atomic E-state index is 0.00767. The smallest absolute Gasteiger partial charge is 0.115 e. The first-order chi connectivity index (χ1) is 10.8. The van der Waals surface area contributed by atoms with E-state index < -0.39 is 0 Å². The molecular weight excluding hydrogens is 288 g/mol. The van der Waals surface area contributed by atoms with E-state index in [1.54, 1.807) is 0 Å². The summed E-state index contributed by atoms with van der Waals surface area (Å²) < 4.78 is 32.8. The van der Waals surface area contributed by atoms with E-state index in [1.165, 1.54) is 0 Å². The number of unbranched alkanes of at least 4 members (excludes halogenated alkanes) is 1. The molecule has 4 fully saturated rings. The monoisotopic (exact) mass is 314 g/mol. The Morgan fingerprint density at radius 1 is 0.773 bits per heavy atom. The van der Waals surface area contributed by atoms with Crippen LogP contribution in [0.25, 0.3) is 0 Å². The Morgan fingerprint density at radius 3 is 1.50 bits per heavy atom. The number of rotatable bonds is 13. The fourth-order valence-corrected chi connectivity index (χ4v) is 2.78. The third-order valence-corrected chi connectivity index (χ3v) is 4.76.